The number of carbonyl (C=O) groups excluding carboxylic acids is 1. The molecule has 1 aliphatic rings. The van der Waals surface area contributed by atoms with Crippen LogP contribution >= 0.6 is 11.6 Å². The molecule has 1 aliphatic heterocycles. The van der Waals surface area contributed by atoms with Crippen molar-refractivity contribution in [1.82, 2.24) is 9.88 Å². The number of methoxy groups -OCH3 is 1. The van der Waals surface area contributed by atoms with Gasteiger partial charge in [0.15, 0.2) is 6.61 Å². The summed E-state index contributed by atoms with van der Waals surface area (Å²) in [6.07, 6.45) is 1.71. The van der Waals surface area contributed by atoms with Gasteiger partial charge in [0, 0.05) is 24.7 Å². The predicted octanol–water partition coefficient (Wildman–Crippen LogP) is 2.64. The second-order valence-electron chi connectivity index (χ2n) is 4.77. The van der Waals surface area contributed by atoms with E-state index < -0.39 is 12.5 Å². The summed E-state index contributed by atoms with van der Waals surface area (Å²) in [5.41, 5.74) is 2.64. The largest absolute Gasteiger partial charge is 0.495 e. The zero-order chi connectivity index (χ0) is 15.0. The summed E-state index contributed by atoms with van der Waals surface area (Å²) in [6.45, 7) is 0.210. The minimum atomic E-state index is -0.575. The summed E-state index contributed by atoms with van der Waals surface area (Å²) < 4.78 is 17.0. The van der Waals surface area contributed by atoms with Crippen molar-refractivity contribution < 1.29 is 19.0 Å². The van der Waals surface area contributed by atoms with Crippen LogP contribution in [0.15, 0.2) is 18.3 Å². The van der Waals surface area contributed by atoms with Gasteiger partial charge in [-0.2, -0.15) is 4.94 Å². The number of ether oxygens (including phenoxy) is 1. The highest BCUT2D eigenvalue weighted by molar-refractivity contribution is 6.32. The molecule has 1 amide bonds. The van der Waals surface area contributed by atoms with E-state index in [0.717, 1.165) is 22.0 Å². The van der Waals surface area contributed by atoms with Gasteiger partial charge in [-0.05, 0) is 27.8 Å². The van der Waals surface area contributed by atoms with Crippen molar-refractivity contribution in [3.8, 4) is 5.75 Å². The molecular formula is C14H12ClFN2O3. The number of nitrogens with zero attached hydrogens (tertiary/aromatic N) is 2. The van der Waals surface area contributed by atoms with E-state index >= 15 is 0 Å². The van der Waals surface area contributed by atoms with Gasteiger partial charge in [0.1, 0.15) is 5.75 Å². The van der Waals surface area contributed by atoms with Crippen molar-refractivity contribution in [3.05, 3.63) is 34.5 Å². The quantitative estimate of drug-likeness (QED) is 0.874. The van der Waals surface area contributed by atoms with E-state index in [4.69, 9.17) is 16.3 Å². The Kier molecular flexibility index (Phi) is 3.65. The van der Waals surface area contributed by atoms with Gasteiger partial charge in [0.2, 0.25) is 0 Å². The van der Waals surface area contributed by atoms with Crippen LogP contribution in [-0.4, -0.2) is 29.5 Å². The van der Waals surface area contributed by atoms with Crippen molar-refractivity contribution >= 4 is 28.4 Å². The van der Waals surface area contributed by atoms with Crippen LogP contribution in [0.5, 0.6) is 5.75 Å². The molecule has 2 heterocycles. The summed E-state index contributed by atoms with van der Waals surface area (Å²) in [5, 5.41) is 1.36. The molecule has 0 radical (unpaired) electrons. The zero-order valence-electron chi connectivity index (χ0n) is 11.2. The Hall–Kier alpha value is -1.92. The van der Waals surface area contributed by atoms with Gasteiger partial charge in [-0.3, -0.25) is 9.78 Å². The highest BCUT2D eigenvalue weighted by atomic mass is 35.5. The molecule has 3 rings (SSSR count). The van der Waals surface area contributed by atoms with Crippen LogP contribution in [0, 0.1) is 0 Å². The van der Waals surface area contributed by atoms with E-state index in [1.54, 1.807) is 12.3 Å². The molecule has 1 aromatic carbocycles. The summed E-state index contributed by atoms with van der Waals surface area (Å²) in [4.78, 5) is 21.0. The number of rotatable bonds is 3. The number of aromatic nitrogens is 1. The number of pyridine rings is 1. The van der Waals surface area contributed by atoms with Crippen LogP contribution in [0.3, 0.4) is 0 Å². The highest BCUT2D eigenvalue weighted by Gasteiger charge is 2.26. The van der Waals surface area contributed by atoms with Crippen LogP contribution in [0.2, 0.25) is 5.02 Å². The fourth-order valence-electron chi connectivity index (χ4n) is 2.54. The molecule has 0 saturated heterocycles. The highest BCUT2D eigenvalue weighted by Crippen LogP contribution is 2.34. The zero-order valence-corrected chi connectivity index (χ0v) is 12.0. The minimum Gasteiger partial charge on any atom is -0.495 e. The average Bonchev–Trinajstić information content (AvgIpc) is 2.91. The van der Waals surface area contributed by atoms with Crippen LogP contribution in [0.25, 0.3) is 10.9 Å². The minimum absolute atomic E-state index is 0.390. The van der Waals surface area contributed by atoms with Crippen molar-refractivity contribution in [2.24, 2.45) is 0 Å². The number of benzene rings is 1. The van der Waals surface area contributed by atoms with Gasteiger partial charge in [-0.1, -0.05) is 11.6 Å². The molecular weight excluding hydrogens is 299 g/mol. The SMILES string of the molecule is COc1cc2c3c(cnc2cc1Cl)CN(C(=O)COF)C3. The van der Waals surface area contributed by atoms with E-state index in [9.17, 15) is 9.32 Å². The van der Waals surface area contributed by atoms with Gasteiger partial charge in [0.25, 0.3) is 5.91 Å². The van der Waals surface area contributed by atoms with Gasteiger partial charge in [-0.15, -0.1) is 0 Å². The fourth-order valence-corrected chi connectivity index (χ4v) is 2.77. The molecule has 0 spiro atoms. The van der Waals surface area contributed by atoms with Crippen LogP contribution in [0.1, 0.15) is 11.1 Å². The Morgan fingerprint density at radius 3 is 3.00 bits per heavy atom. The third-order valence-electron chi connectivity index (χ3n) is 3.58. The lowest BCUT2D eigenvalue weighted by atomic mass is 10.1. The van der Waals surface area contributed by atoms with Crippen LogP contribution < -0.4 is 4.74 Å². The number of carbonyl (C=O) groups is 1. The lowest BCUT2D eigenvalue weighted by Gasteiger charge is -2.13. The topological polar surface area (TPSA) is 51.7 Å². The summed E-state index contributed by atoms with van der Waals surface area (Å²) in [7, 11) is 1.54. The van der Waals surface area contributed by atoms with E-state index in [1.165, 1.54) is 12.0 Å². The lowest BCUT2D eigenvalue weighted by Crippen LogP contribution is -2.28. The molecule has 2 aromatic rings. The second-order valence-corrected chi connectivity index (χ2v) is 5.18. The Bertz CT molecular complexity index is 723. The third kappa shape index (κ3) is 2.41. The van der Waals surface area contributed by atoms with E-state index in [1.807, 2.05) is 6.07 Å². The molecule has 0 atom stereocenters. The second kappa shape index (κ2) is 5.46. The van der Waals surface area contributed by atoms with Crippen molar-refractivity contribution in [2.75, 3.05) is 13.7 Å². The molecule has 0 N–H and O–H groups in total. The summed E-state index contributed by atoms with van der Waals surface area (Å²) in [5.74, 6) is 0.152. The Morgan fingerprint density at radius 2 is 2.29 bits per heavy atom. The summed E-state index contributed by atoms with van der Waals surface area (Å²) in [6, 6.07) is 3.54. The number of amides is 1. The number of hydrogen-bond donors (Lipinski definition) is 0. The van der Waals surface area contributed by atoms with E-state index in [0.29, 0.717) is 23.9 Å². The first kappa shape index (κ1) is 14.0. The van der Waals surface area contributed by atoms with Gasteiger partial charge in [0.05, 0.1) is 17.6 Å². The monoisotopic (exact) mass is 310 g/mol. The number of fused-ring (bicyclic) bond motifs is 3. The molecule has 110 valence electrons. The first-order valence-electron chi connectivity index (χ1n) is 6.29. The number of hydrogen-bond acceptors (Lipinski definition) is 4. The molecule has 21 heavy (non-hydrogen) atoms. The predicted molar refractivity (Wildman–Crippen MR) is 74.6 cm³/mol. The first-order valence-corrected chi connectivity index (χ1v) is 6.67. The number of halogens is 2. The first-order chi connectivity index (χ1) is 10.1. The molecule has 0 saturated carbocycles. The van der Waals surface area contributed by atoms with Crippen molar-refractivity contribution in [1.29, 1.82) is 0 Å². The van der Waals surface area contributed by atoms with Crippen molar-refractivity contribution in [2.45, 2.75) is 13.1 Å². The normalized spacial score (nSPS) is 13.6. The lowest BCUT2D eigenvalue weighted by molar-refractivity contribution is -0.165. The molecule has 0 unspecified atom stereocenters. The Morgan fingerprint density at radius 1 is 1.48 bits per heavy atom. The Labute approximate surface area is 125 Å². The van der Waals surface area contributed by atoms with Crippen molar-refractivity contribution in [3.63, 3.8) is 0 Å². The van der Waals surface area contributed by atoms with Crippen LogP contribution in [-0.2, 0) is 22.8 Å². The van der Waals surface area contributed by atoms with Crippen LogP contribution in [0.4, 0.5) is 4.53 Å². The van der Waals surface area contributed by atoms with E-state index in [-0.39, 0.29) is 0 Å². The van der Waals surface area contributed by atoms with Gasteiger partial charge < -0.3 is 9.64 Å². The van der Waals surface area contributed by atoms with Gasteiger partial charge >= 0.3 is 0 Å². The molecule has 5 nitrogen and oxygen atoms in total. The Balaban J connectivity index is 2.04. The maximum atomic E-state index is 11.8. The molecule has 7 heteroatoms. The third-order valence-corrected chi connectivity index (χ3v) is 3.88. The molecule has 0 fully saturated rings. The van der Waals surface area contributed by atoms with Gasteiger partial charge in [-0.25, -0.2) is 0 Å². The standard InChI is InChI=1S/C14H12ClFN2O3/c1-20-13-2-9-10-6-18(14(19)7-21-16)5-8(10)4-17-12(9)3-11(13)15/h2-4H,5-7H2,1H3. The average molecular weight is 311 g/mol. The molecule has 0 aliphatic carbocycles. The van der Waals surface area contributed by atoms with E-state index in [2.05, 4.69) is 9.93 Å². The fraction of sp³-hybridized carbons (Fsp3) is 0.286. The smallest absolute Gasteiger partial charge is 0.252 e. The molecule has 1 aromatic heterocycles. The maximum Gasteiger partial charge on any atom is 0.252 e. The maximum absolute atomic E-state index is 11.8. The molecule has 0 bridgehead atoms. The summed E-state index contributed by atoms with van der Waals surface area (Å²) >= 11 is 6.09.